The largest absolute Gasteiger partial charge is 0.374 e. The average Bonchev–Trinajstić information content (AvgIpc) is 2.82. The number of hydrogen-bond donors (Lipinski definition) is 1. The molecule has 1 aliphatic carbocycles. The first-order valence-corrected chi connectivity index (χ1v) is 6.75. The van der Waals surface area contributed by atoms with Crippen LogP contribution in [-0.4, -0.2) is 48.8 Å². The predicted molar refractivity (Wildman–Crippen MR) is 70.5 cm³/mol. The Hall–Kier alpha value is -0.970. The van der Waals surface area contributed by atoms with Crippen molar-refractivity contribution in [3.05, 3.63) is 29.6 Å². The molecule has 0 aromatic carbocycles. The Morgan fingerprint density at radius 1 is 1.56 bits per heavy atom. The number of rotatable bonds is 2. The number of nitrogens with two attached hydrogens (primary N) is 1. The summed E-state index contributed by atoms with van der Waals surface area (Å²) in [6.07, 6.45) is 4.22. The number of likely N-dealkylation sites (N-methyl/N-ethyl adjacent to an activating group) is 1. The van der Waals surface area contributed by atoms with Crippen LogP contribution in [0.3, 0.4) is 0 Å². The van der Waals surface area contributed by atoms with Crippen LogP contribution in [0.15, 0.2) is 18.3 Å². The lowest BCUT2D eigenvalue weighted by Crippen LogP contribution is -2.51. The minimum absolute atomic E-state index is 0.0592. The summed E-state index contributed by atoms with van der Waals surface area (Å²) in [4.78, 5) is 6.82. The Morgan fingerprint density at radius 2 is 2.44 bits per heavy atom. The van der Waals surface area contributed by atoms with Crippen molar-refractivity contribution in [1.29, 1.82) is 0 Å². The molecule has 2 aliphatic rings. The van der Waals surface area contributed by atoms with Crippen molar-refractivity contribution in [2.24, 2.45) is 5.73 Å². The highest BCUT2D eigenvalue weighted by Crippen LogP contribution is 2.34. The molecule has 1 aromatic heterocycles. The van der Waals surface area contributed by atoms with Crippen LogP contribution < -0.4 is 5.73 Å². The second kappa shape index (κ2) is 4.96. The maximum Gasteiger partial charge on any atom is 0.0859 e. The van der Waals surface area contributed by atoms with Gasteiger partial charge in [0.15, 0.2) is 0 Å². The lowest BCUT2D eigenvalue weighted by Gasteiger charge is -2.35. The first-order valence-electron chi connectivity index (χ1n) is 6.75. The van der Waals surface area contributed by atoms with Crippen LogP contribution >= 0.6 is 0 Å². The van der Waals surface area contributed by atoms with E-state index >= 15 is 0 Å². The van der Waals surface area contributed by atoms with Gasteiger partial charge in [0.05, 0.1) is 12.7 Å². The Balaban J connectivity index is 1.75. The summed E-state index contributed by atoms with van der Waals surface area (Å²) >= 11 is 0. The second-order valence-corrected chi connectivity index (χ2v) is 5.44. The van der Waals surface area contributed by atoms with Crippen LogP contribution in [0.2, 0.25) is 0 Å². The number of nitrogens with zero attached hydrogens (tertiary/aromatic N) is 2. The van der Waals surface area contributed by atoms with Crippen molar-refractivity contribution in [1.82, 2.24) is 9.88 Å². The number of fused-ring (bicyclic) bond motifs is 1. The molecule has 0 saturated carbocycles. The first-order chi connectivity index (χ1) is 8.75. The van der Waals surface area contributed by atoms with E-state index in [9.17, 15) is 0 Å². The Kier molecular flexibility index (Phi) is 3.33. The van der Waals surface area contributed by atoms with Gasteiger partial charge in [0.1, 0.15) is 0 Å². The molecule has 0 radical (unpaired) electrons. The molecule has 1 aromatic rings. The summed E-state index contributed by atoms with van der Waals surface area (Å²) in [7, 11) is 2.13. The fraction of sp³-hybridized carbons (Fsp3) is 0.643. The van der Waals surface area contributed by atoms with E-state index in [0.717, 1.165) is 32.5 Å². The van der Waals surface area contributed by atoms with Crippen LogP contribution in [0.1, 0.15) is 23.6 Å². The molecule has 18 heavy (non-hydrogen) atoms. The standard InChI is InChI=1S/C14H21N3O/c1-17-7-8-18-12(9-17)13(15)11-5-4-10-3-2-6-16-14(10)11/h2-3,6,11-13H,4-5,7-9,15H2,1H3. The fourth-order valence-corrected chi connectivity index (χ4v) is 3.12. The van der Waals surface area contributed by atoms with E-state index in [2.05, 4.69) is 23.0 Å². The van der Waals surface area contributed by atoms with Crippen LogP contribution in [0.25, 0.3) is 0 Å². The van der Waals surface area contributed by atoms with Crippen molar-refractivity contribution >= 4 is 0 Å². The molecule has 1 aliphatic heterocycles. The van der Waals surface area contributed by atoms with E-state index in [0.29, 0.717) is 5.92 Å². The third kappa shape index (κ3) is 2.16. The van der Waals surface area contributed by atoms with E-state index < -0.39 is 0 Å². The van der Waals surface area contributed by atoms with Gasteiger partial charge >= 0.3 is 0 Å². The van der Waals surface area contributed by atoms with E-state index in [1.54, 1.807) is 0 Å². The van der Waals surface area contributed by atoms with Crippen molar-refractivity contribution in [2.45, 2.75) is 30.9 Å². The maximum absolute atomic E-state index is 6.44. The molecule has 3 rings (SSSR count). The van der Waals surface area contributed by atoms with Crippen molar-refractivity contribution in [2.75, 3.05) is 26.7 Å². The van der Waals surface area contributed by atoms with Crippen LogP contribution in [0.5, 0.6) is 0 Å². The van der Waals surface area contributed by atoms with Gasteiger partial charge in [-0.05, 0) is 31.5 Å². The molecule has 2 heterocycles. The zero-order valence-corrected chi connectivity index (χ0v) is 10.9. The lowest BCUT2D eigenvalue weighted by molar-refractivity contribution is -0.0364. The fourth-order valence-electron chi connectivity index (χ4n) is 3.12. The average molecular weight is 247 g/mol. The van der Waals surface area contributed by atoms with E-state index in [1.165, 1.54) is 11.3 Å². The molecule has 0 amide bonds. The van der Waals surface area contributed by atoms with Gasteiger partial charge in [-0.15, -0.1) is 0 Å². The van der Waals surface area contributed by atoms with Gasteiger partial charge in [-0.2, -0.15) is 0 Å². The first kappa shape index (κ1) is 12.1. The monoisotopic (exact) mass is 247 g/mol. The summed E-state index contributed by atoms with van der Waals surface area (Å²) in [5.74, 6) is 0.359. The third-order valence-electron chi connectivity index (χ3n) is 4.19. The maximum atomic E-state index is 6.44. The van der Waals surface area contributed by atoms with E-state index in [4.69, 9.17) is 10.5 Å². The highest BCUT2D eigenvalue weighted by molar-refractivity contribution is 5.30. The van der Waals surface area contributed by atoms with Crippen molar-refractivity contribution in [3.8, 4) is 0 Å². The van der Waals surface area contributed by atoms with Gasteiger partial charge in [-0.25, -0.2) is 0 Å². The molecule has 1 saturated heterocycles. The number of aromatic nitrogens is 1. The van der Waals surface area contributed by atoms with Gasteiger partial charge in [-0.1, -0.05) is 6.07 Å². The van der Waals surface area contributed by atoms with Crippen molar-refractivity contribution in [3.63, 3.8) is 0 Å². The van der Waals surface area contributed by atoms with Gasteiger partial charge < -0.3 is 15.4 Å². The zero-order chi connectivity index (χ0) is 12.5. The normalized spacial score (nSPS) is 30.1. The van der Waals surface area contributed by atoms with Crippen LogP contribution in [0, 0.1) is 0 Å². The molecule has 4 nitrogen and oxygen atoms in total. The van der Waals surface area contributed by atoms with Gasteiger partial charge in [0.2, 0.25) is 0 Å². The van der Waals surface area contributed by atoms with Gasteiger partial charge in [-0.3, -0.25) is 4.98 Å². The number of morpholine rings is 1. The Morgan fingerprint density at radius 3 is 3.28 bits per heavy atom. The minimum atomic E-state index is 0.0592. The molecule has 0 bridgehead atoms. The molecule has 98 valence electrons. The molecular weight excluding hydrogens is 226 g/mol. The van der Waals surface area contributed by atoms with Crippen LogP contribution in [-0.2, 0) is 11.2 Å². The molecule has 1 fully saturated rings. The van der Waals surface area contributed by atoms with E-state index in [-0.39, 0.29) is 12.1 Å². The number of hydrogen-bond acceptors (Lipinski definition) is 4. The highest BCUT2D eigenvalue weighted by Gasteiger charge is 2.35. The topological polar surface area (TPSA) is 51.4 Å². The number of ether oxygens (including phenoxy) is 1. The second-order valence-electron chi connectivity index (χ2n) is 5.44. The molecular formula is C14H21N3O. The molecule has 3 atom stereocenters. The Bertz CT molecular complexity index is 423. The summed E-state index contributed by atoms with van der Waals surface area (Å²) < 4.78 is 5.84. The predicted octanol–water partition coefficient (Wildman–Crippen LogP) is 0.769. The summed E-state index contributed by atoms with van der Waals surface area (Å²) in [6.45, 7) is 2.72. The minimum Gasteiger partial charge on any atom is -0.374 e. The highest BCUT2D eigenvalue weighted by atomic mass is 16.5. The Labute approximate surface area is 108 Å². The van der Waals surface area contributed by atoms with Crippen LogP contribution in [0.4, 0.5) is 0 Å². The summed E-state index contributed by atoms with van der Waals surface area (Å²) in [6, 6.07) is 4.24. The summed E-state index contributed by atoms with van der Waals surface area (Å²) in [5, 5.41) is 0. The number of aryl methyl sites for hydroxylation is 1. The molecule has 3 unspecified atom stereocenters. The summed E-state index contributed by atoms with van der Waals surface area (Å²) in [5.41, 5.74) is 9.00. The van der Waals surface area contributed by atoms with E-state index in [1.807, 2.05) is 12.3 Å². The third-order valence-corrected chi connectivity index (χ3v) is 4.19. The quantitative estimate of drug-likeness (QED) is 0.838. The van der Waals surface area contributed by atoms with Gasteiger partial charge in [0.25, 0.3) is 0 Å². The lowest BCUT2D eigenvalue weighted by atomic mass is 9.92. The van der Waals surface area contributed by atoms with Crippen molar-refractivity contribution < 1.29 is 4.74 Å². The molecule has 4 heteroatoms. The smallest absolute Gasteiger partial charge is 0.0859 e. The molecule has 2 N–H and O–H groups in total. The zero-order valence-electron chi connectivity index (χ0n) is 10.9. The van der Waals surface area contributed by atoms with Gasteiger partial charge in [0, 0.05) is 36.9 Å². The number of pyridine rings is 1. The SMILES string of the molecule is CN1CCOC(C(N)C2CCc3cccnc32)C1. The molecule has 0 spiro atoms.